The number of hydrogen-bond donors (Lipinski definition) is 2. The second-order valence-electron chi connectivity index (χ2n) is 6.15. The van der Waals surface area contributed by atoms with Crippen molar-refractivity contribution in [2.24, 2.45) is 11.0 Å². The lowest BCUT2D eigenvalue weighted by Gasteiger charge is -2.19. The van der Waals surface area contributed by atoms with Crippen LogP contribution in [0.1, 0.15) is 30.0 Å². The van der Waals surface area contributed by atoms with Gasteiger partial charge in [0, 0.05) is 24.8 Å². The Morgan fingerprint density at radius 1 is 1.15 bits per heavy atom. The van der Waals surface area contributed by atoms with Gasteiger partial charge in [0.05, 0.1) is 0 Å². The van der Waals surface area contributed by atoms with E-state index in [4.69, 9.17) is 5.11 Å². The van der Waals surface area contributed by atoms with Crippen LogP contribution in [0.3, 0.4) is 0 Å². The van der Waals surface area contributed by atoms with Crippen molar-refractivity contribution in [2.75, 3.05) is 6.54 Å². The second-order valence-corrected chi connectivity index (χ2v) is 6.15. The van der Waals surface area contributed by atoms with Crippen molar-refractivity contribution in [1.29, 1.82) is 0 Å². The van der Waals surface area contributed by atoms with Gasteiger partial charge in [-0.25, -0.2) is 4.79 Å². The minimum Gasteiger partial charge on any atom is -0.478 e. The number of carboxylic acids is 1. The van der Waals surface area contributed by atoms with Gasteiger partial charge in [0.2, 0.25) is 0 Å². The molecule has 4 nitrogen and oxygen atoms in total. The Bertz CT molecular complexity index is 849. The molecule has 2 aromatic rings. The molecule has 2 aromatic carbocycles. The third kappa shape index (κ3) is 4.09. The van der Waals surface area contributed by atoms with Crippen molar-refractivity contribution < 1.29 is 9.90 Å². The third-order valence-electron chi connectivity index (χ3n) is 4.47. The normalized spacial score (nSPS) is 17.2. The summed E-state index contributed by atoms with van der Waals surface area (Å²) in [4.78, 5) is 10.7. The summed E-state index contributed by atoms with van der Waals surface area (Å²) >= 11 is 0. The van der Waals surface area contributed by atoms with Gasteiger partial charge < -0.3 is 10.5 Å². The first kappa shape index (κ1) is 17.7. The van der Waals surface area contributed by atoms with Gasteiger partial charge in [-0.15, -0.1) is 0 Å². The van der Waals surface area contributed by atoms with Crippen molar-refractivity contribution in [3.63, 3.8) is 0 Å². The van der Waals surface area contributed by atoms with Gasteiger partial charge in [-0.05, 0) is 40.3 Å². The van der Waals surface area contributed by atoms with Gasteiger partial charge in [0.15, 0.2) is 0 Å². The van der Waals surface area contributed by atoms with Crippen molar-refractivity contribution in [1.82, 2.24) is 5.43 Å². The molecule has 0 saturated carbocycles. The largest absolute Gasteiger partial charge is 0.478 e. The Morgan fingerprint density at radius 3 is 2.46 bits per heavy atom. The molecule has 0 saturated heterocycles. The molecule has 0 radical (unpaired) electrons. The summed E-state index contributed by atoms with van der Waals surface area (Å²) in [6, 6.07) is 18.4. The maximum absolute atomic E-state index is 10.7. The first-order valence-corrected chi connectivity index (χ1v) is 8.75. The molecule has 26 heavy (non-hydrogen) atoms. The number of nitrogens with one attached hydrogen (secondary N) is 1. The summed E-state index contributed by atoms with van der Waals surface area (Å²) in [6.07, 6.45) is 5.64. The SMILES string of the molecule is CC/C(=C(/c1ccc(/C=C/C(=O)O)cc1)C1C=NNC1)c1ccccc1. The fourth-order valence-corrected chi connectivity index (χ4v) is 3.27. The van der Waals surface area contributed by atoms with E-state index in [0.29, 0.717) is 0 Å². The summed E-state index contributed by atoms with van der Waals surface area (Å²) < 4.78 is 0. The molecule has 3 rings (SSSR count). The van der Waals surface area contributed by atoms with E-state index >= 15 is 0 Å². The van der Waals surface area contributed by atoms with E-state index in [9.17, 15) is 4.79 Å². The number of hydrazone groups is 1. The second kappa shape index (κ2) is 8.30. The topological polar surface area (TPSA) is 61.7 Å². The summed E-state index contributed by atoms with van der Waals surface area (Å²) in [7, 11) is 0. The van der Waals surface area contributed by atoms with Gasteiger partial charge in [-0.3, -0.25) is 0 Å². The lowest BCUT2D eigenvalue weighted by molar-refractivity contribution is -0.131. The number of hydrogen-bond acceptors (Lipinski definition) is 3. The van der Waals surface area contributed by atoms with Crippen LogP contribution in [0.2, 0.25) is 0 Å². The van der Waals surface area contributed by atoms with Crippen LogP contribution in [-0.4, -0.2) is 23.8 Å². The molecule has 1 atom stereocenters. The van der Waals surface area contributed by atoms with Crippen LogP contribution >= 0.6 is 0 Å². The molecule has 0 fully saturated rings. The number of aliphatic carboxylic acids is 1. The van der Waals surface area contributed by atoms with E-state index in [0.717, 1.165) is 30.2 Å². The number of carbonyl (C=O) groups is 1. The minimum absolute atomic E-state index is 0.213. The van der Waals surface area contributed by atoms with Gasteiger partial charge in [0.25, 0.3) is 0 Å². The van der Waals surface area contributed by atoms with Crippen molar-refractivity contribution in [2.45, 2.75) is 13.3 Å². The van der Waals surface area contributed by atoms with Crippen LogP contribution in [0, 0.1) is 5.92 Å². The monoisotopic (exact) mass is 346 g/mol. The summed E-state index contributed by atoms with van der Waals surface area (Å²) in [5.41, 5.74) is 8.85. The average Bonchev–Trinajstić information content (AvgIpc) is 3.20. The Balaban J connectivity index is 2.05. The van der Waals surface area contributed by atoms with Crippen LogP contribution in [0.5, 0.6) is 0 Å². The smallest absolute Gasteiger partial charge is 0.328 e. The molecular formula is C22H22N2O2. The quantitative estimate of drug-likeness (QED) is 0.605. The zero-order valence-corrected chi connectivity index (χ0v) is 14.7. The minimum atomic E-state index is -0.944. The zero-order chi connectivity index (χ0) is 18.4. The Hall–Kier alpha value is -3.14. The third-order valence-corrected chi connectivity index (χ3v) is 4.47. The van der Waals surface area contributed by atoms with Gasteiger partial charge in [-0.1, -0.05) is 61.5 Å². The van der Waals surface area contributed by atoms with Crippen LogP contribution in [0.4, 0.5) is 0 Å². The molecule has 0 amide bonds. The number of benzene rings is 2. The molecule has 1 aliphatic heterocycles. The van der Waals surface area contributed by atoms with Crippen LogP contribution in [0.15, 0.2) is 65.8 Å². The molecular weight excluding hydrogens is 324 g/mol. The van der Waals surface area contributed by atoms with Crippen molar-refractivity contribution >= 4 is 29.4 Å². The molecule has 2 N–H and O–H groups in total. The predicted octanol–water partition coefficient (Wildman–Crippen LogP) is 4.31. The first-order chi connectivity index (χ1) is 12.7. The molecule has 0 aliphatic carbocycles. The molecule has 1 heterocycles. The zero-order valence-electron chi connectivity index (χ0n) is 14.7. The average molecular weight is 346 g/mol. The molecule has 132 valence electrons. The van der Waals surface area contributed by atoms with Crippen molar-refractivity contribution in [3.8, 4) is 0 Å². The first-order valence-electron chi connectivity index (χ1n) is 8.75. The predicted molar refractivity (Wildman–Crippen MR) is 107 cm³/mol. The standard InChI is InChI=1S/C22H22N2O2/c1-2-20(17-6-4-3-5-7-17)22(19-14-23-24-15-19)18-11-8-16(9-12-18)10-13-21(25)26/h3-14,19,24H,2,15H2,1H3,(H,25,26)/b13-10+,22-20+. The highest BCUT2D eigenvalue weighted by Gasteiger charge is 2.21. The Labute approximate surface area is 153 Å². The summed E-state index contributed by atoms with van der Waals surface area (Å²) in [5, 5.41) is 13.0. The number of rotatable bonds is 6. The summed E-state index contributed by atoms with van der Waals surface area (Å²) in [5.74, 6) is -0.731. The molecule has 0 spiro atoms. The van der Waals surface area contributed by atoms with E-state index in [2.05, 4.69) is 53.8 Å². The maximum Gasteiger partial charge on any atom is 0.328 e. The Kier molecular flexibility index (Phi) is 5.64. The number of allylic oxidation sites excluding steroid dienone is 1. The van der Waals surface area contributed by atoms with E-state index < -0.39 is 5.97 Å². The molecule has 4 heteroatoms. The fourth-order valence-electron chi connectivity index (χ4n) is 3.27. The highest BCUT2D eigenvalue weighted by Crippen LogP contribution is 2.34. The van der Waals surface area contributed by atoms with Crippen LogP contribution in [-0.2, 0) is 4.79 Å². The van der Waals surface area contributed by atoms with E-state index in [1.807, 2.05) is 24.4 Å². The van der Waals surface area contributed by atoms with E-state index in [1.165, 1.54) is 16.7 Å². The lowest BCUT2D eigenvalue weighted by atomic mass is 9.85. The van der Waals surface area contributed by atoms with E-state index in [1.54, 1.807) is 6.08 Å². The van der Waals surface area contributed by atoms with Gasteiger partial charge in [-0.2, -0.15) is 5.10 Å². The number of carboxylic acid groups (broad SMARTS) is 1. The van der Waals surface area contributed by atoms with E-state index in [-0.39, 0.29) is 5.92 Å². The van der Waals surface area contributed by atoms with Crippen LogP contribution in [0.25, 0.3) is 17.2 Å². The van der Waals surface area contributed by atoms with Crippen molar-refractivity contribution in [3.05, 3.63) is 77.4 Å². The maximum atomic E-state index is 10.7. The molecule has 1 unspecified atom stereocenters. The molecule has 1 aliphatic rings. The molecule has 0 bridgehead atoms. The fraction of sp³-hybridized carbons (Fsp3) is 0.182. The lowest BCUT2D eigenvalue weighted by Crippen LogP contribution is -2.13. The number of nitrogens with zero attached hydrogens (tertiary/aromatic N) is 1. The van der Waals surface area contributed by atoms with Gasteiger partial charge in [0.1, 0.15) is 0 Å². The highest BCUT2D eigenvalue weighted by molar-refractivity contribution is 5.98. The van der Waals surface area contributed by atoms with Crippen LogP contribution < -0.4 is 5.43 Å². The summed E-state index contributed by atoms with van der Waals surface area (Å²) in [6.45, 7) is 2.96. The van der Waals surface area contributed by atoms with Gasteiger partial charge >= 0.3 is 5.97 Å². The Morgan fingerprint density at radius 2 is 1.88 bits per heavy atom. The molecule has 0 aromatic heterocycles. The highest BCUT2D eigenvalue weighted by atomic mass is 16.4.